The summed E-state index contributed by atoms with van der Waals surface area (Å²) < 4.78 is 42.8. The molecule has 146 valence electrons. The zero-order chi connectivity index (χ0) is 20.5. The van der Waals surface area contributed by atoms with Crippen LogP contribution in [-0.4, -0.2) is 27.7 Å². The van der Waals surface area contributed by atoms with Gasteiger partial charge >= 0.3 is 17.6 Å². The molecule has 3 aromatic rings. The highest BCUT2D eigenvalue weighted by molar-refractivity contribution is 5.61. The largest absolute Gasteiger partial charge is 0.573 e. The van der Waals surface area contributed by atoms with E-state index in [-0.39, 0.29) is 23.6 Å². The number of aromatic nitrogens is 2. The zero-order valence-electron chi connectivity index (χ0n) is 14.4. The van der Waals surface area contributed by atoms with Crippen LogP contribution in [0.1, 0.15) is 5.56 Å². The van der Waals surface area contributed by atoms with Crippen LogP contribution in [0.5, 0.6) is 5.75 Å². The molecule has 0 aliphatic carbocycles. The van der Waals surface area contributed by atoms with Crippen molar-refractivity contribution in [3.05, 3.63) is 74.7 Å². The molecule has 0 N–H and O–H groups in total. The summed E-state index contributed by atoms with van der Waals surface area (Å²) in [5.74, 6) is -0.704. The van der Waals surface area contributed by atoms with Gasteiger partial charge < -0.3 is 9.64 Å². The molecule has 2 heterocycles. The minimum atomic E-state index is -4.89. The molecule has 28 heavy (non-hydrogen) atoms. The molecule has 3 rings (SSSR count). The Labute approximate surface area is 155 Å². The van der Waals surface area contributed by atoms with Crippen molar-refractivity contribution < 1.29 is 22.8 Å². The summed E-state index contributed by atoms with van der Waals surface area (Å²) in [6.45, 7) is -0.206. The fraction of sp³-hybridized carbons (Fsp3) is 0.176. The maximum Gasteiger partial charge on any atom is 0.573 e. The van der Waals surface area contributed by atoms with Gasteiger partial charge in [-0.1, -0.05) is 24.3 Å². The van der Waals surface area contributed by atoms with Gasteiger partial charge in [0.2, 0.25) is 5.82 Å². The first-order valence-electron chi connectivity index (χ1n) is 7.88. The van der Waals surface area contributed by atoms with E-state index in [1.807, 2.05) is 0 Å². The van der Waals surface area contributed by atoms with Crippen molar-refractivity contribution >= 4 is 17.2 Å². The van der Waals surface area contributed by atoms with Gasteiger partial charge in [-0.25, -0.2) is 4.98 Å². The number of nitro groups is 1. The quantitative estimate of drug-likeness (QED) is 0.488. The standard InChI is InChI=1S/C17H13F3N4O4/c1-22(10-11-6-2-3-7-12(11)28-17(18,19)20)15-14(24(26)27)16(25)23-9-5-4-8-13(23)21-15/h2-9H,10H2,1H3. The van der Waals surface area contributed by atoms with Crippen molar-refractivity contribution in [2.45, 2.75) is 12.9 Å². The molecule has 8 nitrogen and oxygen atoms in total. The van der Waals surface area contributed by atoms with E-state index in [2.05, 4.69) is 9.72 Å². The molecule has 1 aromatic carbocycles. The van der Waals surface area contributed by atoms with Crippen molar-refractivity contribution in [1.29, 1.82) is 0 Å². The Morgan fingerprint density at radius 1 is 1.21 bits per heavy atom. The fourth-order valence-electron chi connectivity index (χ4n) is 2.68. The third-order valence-corrected chi connectivity index (χ3v) is 3.84. The lowest BCUT2D eigenvalue weighted by molar-refractivity contribution is -0.385. The van der Waals surface area contributed by atoms with Gasteiger partial charge in [-0.05, 0) is 18.2 Å². The first kappa shape index (κ1) is 19.1. The summed E-state index contributed by atoms with van der Waals surface area (Å²) in [6, 6.07) is 10.0. The van der Waals surface area contributed by atoms with E-state index in [0.29, 0.717) is 0 Å². The number of ether oxygens (including phenoxy) is 1. The maximum atomic E-state index is 12.6. The molecule has 0 aliphatic heterocycles. The number of para-hydroxylation sites is 1. The Morgan fingerprint density at radius 3 is 2.57 bits per heavy atom. The average molecular weight is 394 g/mol. The smallest absolute Gasteiger partial charge is 0.405 e. The summed E-state index contributed by atoms with van der Waals surface area (Å²) >= 11 is 0. The topological polar surface area (TPSA) is 90.0 Å². The van der Waals surface area contributed by atoms with Gasteiger partial charge in [0.15, 0.2) is 0 Å². The Hall–Kier alpha value is -3.63. The van der Waals surface area contributed by atoms with Crippen molar-refractivity contribution in [2.75, 3.05) is 11.9 Å². The Bertz CT molecular complexity index is 1100. The number of benzene rings is 1. The summed E-state index contributed by atoms with van der Waals surface area (Å²) in [6.07, 6.45) is -3.55. The van der Waals surface area contributed by atoms with Crippen molar-refractivity contribution in [2.24, 2.45) is 0 Å². The molecule has 0 saturated heterocycles. The summed E-state index contributed by atoms with van der Waals surface area (Å²) in [4.78, 5) is 28.4. The second-order valence-electron chi connectivity index (χ2n) is 5.79. The van der Waals surface area contributed by atoms with Gasteiger partial charge in [0, 0.05) is 25.4 Å². The number of pyridine rings is 1. The molecule has 0 fully saturated rings. The lowest BCUT2D eigenvalue weighted by atomic mass is 10.2. The Morgan fingerprint density at radius 2 is 1.89 bits per heavy atom. The molecule has 0 amide bonds. The molecule has 2 aromatic heterocycles. The van der Waals surface area contributed by atoms with E-state index in [1.165, 1.54) is 48.5 Å². The molecular weight excluding hydrogens is 381 g/mol. The molecule has 0 bridgehead atoms. The normalized spacial score (nSPS) is 11.4. The third-order valence-electron chi connectivity index (χ3n) is 3.84. The van der Waals surface area contributed by atoms with Crippen LogP contribution in [0.2, 0.25) is 0 Å². The minimum Gasteiger partial charge on any atom is -0.405 e. The SMILES string of the molecule is CN(Cc1ccccc1OC(F)(F)F)c1nc2ccccn2c(=O)c1[N+](=O)[O-]. The Balaban J connectivity index is 2.06. The van der Waals surface area contributed by atoms with Crippen molar-refractivity contribution in [3.63, 3.8) is 0 Å². The molecule has 0 spiro atoms. The third kappa shape index (κ3) is 3.87. The molecule has 0 aliphatic rings. The van der Waals surface area contributed by atoms with Crippen molar-refractivity contribution in [3.8, 4) is 5.75 Å². The average Bonchev–Trinajstić information content (AvgIpc) is 2.61. The molecule has 11 heteroatoms. The number of rotatable bonds is 5. The fourth-order valence-corrected chi connectivity index (χ4v) is 2.68. The summed E-state index contributed by atoms with van der Waals surface area (Å²) in [5, 5.41) is 11.4. The van der Waals surface area contributed by atoms with E-state index < -0.39 is 28.3 Å². The van der Waals surface area contributed by atoms with Gasteiger partial charge in [0.05, 0.1) is 4.92 Å². The van der Waals surface area contributed by atoms with Crippen LogP contribution in [0.15, 0.2) is 53.5 Å². The molecule has 0 atom stereocenters. The zero-order valence-corrected chi connectivity index (χ0v) is 14.4. The lowest BCUT2D eigenvalue weighted by Crippen LogP contribution is -2.26. The lowest BCUT2D eigenvalue weighted by Gasteiger charge is -2.20. The number of anilines is 1. The second kappa shape index (κ2) is 7.18. The maximum absolute atomic E-state index is 12.6. The predicted molar refractivity (Wildman–Crippen MR) is 93.3 cm³/mol. The summed E-state index contributed by atoms with van der Waals surface area (Å²) in [5.41, 5.74) is -1.39. The van der Waals surface area contributed by atoms with Crippen LogP contribution < -0.4 is 15.2 Å². The Kier molecular flexibility index (Phi) is 4.91. The predicted octanol–water partition coefficient (Wildman–Crippen LogP) is 3.14. The first-order chi connectivity index (χ1) is 13.2. The van der Waals surface area contributed by atoms with Crippen LogP contribution in [0.3, 0.4) is 0 Å². The van der Waals surface area contributed by atoms with E-state index in [1.54, 1.807) is 6.07 Å². The number of hydrogen-bond donors (Lipinski definition) is 0. The van der Waals surface area contributed by atoms with Crippen molar-refractivity contribution in [1.82, 2.24) is 9.38 Å². The highest BCUT2D eigenvalue weighted by atomic mass is 19.4. The van der Waals surface area contributed by atoms with E-state index in [4.69, 9.17) is 0 Å². The van der Waals surface area contributed by atoms with Gasteiger partial charge in [-0.15, -0.1) is 13.2 Å². The number of alkyl halides is 3. The highest BCUT2D eigenvalue weighted by Gasteiger charge is 2.32. The monoisotopic (exact) mass is 394 g/mol. The van der Waals surface area contributed by atoms with Gasteiger partial charge in [-0.3, -0.25) is 19.3 Å². The van der Waals surface area contributed by atoms with E-state index in [9.17, 15) is 28.1 Å². The second-order valence-corrected chi connectivity index (χ2v) is 5.79. The van der Waals surface area contributed by atoms with E-state index in [0.717, 1.165) is 10.5 Å². The highest BCUT2D eigenvalue weighted by Crippen LogP contribution is 2.29. The van der Waals surface area contributed by atoms with Crippen LogP contribution in [-0.2, 0) is 6.54 Å². The van der Waals surface area contributed by atoms with Crippen LogP contribution >= 0.6 is 0 Å². The number of hydrogen-bond acceptors (Lipinski definition) is 6. The number of fused-ring (bicyclic) bond motifs is 1. The van der Waals surface area contributed by atoms with Gasteiger partial charge in [0.25, 0.3) is 0 Å². The number of halogens is 3. The van der Waals surface area contributed by atoms with Gasteiger partial charge in [0.1, 0.15) is 11.4 Å². The van der Waals surface area contributed by atoms with Crippen LogP contribution in [0.25, 0.3) is 5.65 Å². The molecule has 0 saturated carbocycles. The van der Waals surface area contributed by atoms with Gasteiger partial charge in [-0.2, -0.15) is 0 Å². The summed E-state index contributed by atoms with van der Waals surface area (Å²) in [7, 11) is 1.39. The van der Waals surface area contributed by atoms with E-state index >= 15 is 0 Å². The molecular formula is C17H13F3N4O4. The number of nitrogens with zero attached hydrogens (tertiary/aromatic N) is 4. The molecule has 0 radical (unpaired) electrons. The van der Waals surface area contributed by atoms with Crippen LogP contribution in [0, 0.1) is 10.1 Å². The minimum absolute atomic E-state index is 0.117. The molecule has 0 unspecified atom stereocenters. The first-order valence-corrected chi connectivity index (χ1v) is 7.88. The van der Waals surface area contributed by atoms with Crippen LogP contribution in [0.4, 0.5) is 24.7 Å².